The van der Waals surface area contributed by atoms with Gasteiger partial charge in [-0.15, -0.1) is 0 Å². The number of hydrogen-bond donors (Lipinski definition) is 1. The van der Waals surface area contributed by atoms with E-state index in [1.54, 1.807) is 17.2 Å². The van der Waals surface area contributed by atoms with Crippen LogP contribution in [0.3, 0.4) is 0 Å². The minimum absolute atomic E-state index is 0.0224. The summed E-state index contributed by atoms with van der Waals surface area (Å²) < 4.78 is 29.9. The SMILES string of the molecule is CCN(C(=O)c1cc(F)ccc1N1CCN(C2CCN(C(=O)[C@H]3NC4CC3[C@H](F)[C@@H]4CC3CC3)C2)c2ncncc21)C(C)C. The number of nitrogens with zero attached hydrogens (tertiary/aromatic N) is 6. The monoisotopic (exact) mass is 607 g/mol. The third kappa shape index (κ3) is 5.10. The van der Waals surface area contributed by atoms with Gasteiger partial charge in [0.25, 0.3) is 5.91 Å². The van der Waals surface area contributed by atoms with E-state index in [1.807, 2.05) is 30.6 Å². The molecule has 3 aliphatic heterocycles. The van der Waals surface area contributed by atoms with Gasteiger partial charge in [0.05, 0.1) is 23.5 Å². The number of hydrogen-bond acceptors (Lipinski definition) is 7. The van der Waals surface area contributed by atoms with Crippen molar-refractivity contribution in [1.29, 1.82) is 0 Å². The van der Waals surface area contributed by atoms with Crippen molar-refractivity contribution in [2.24, 2.45) is 17.8 Å². The highest BCUT2D eigenvalue weighted by molar-refractivity contribution is 6.01. The number of carbonyl (C=O) groups is 2. The lowest BCUT2D eigenvalue weighted by atomic mass is 9.88. The van der Waals surface area contributed by atoms with E-state index in [2.05, 4.69) is 20.2 Å². The first-order valence-corrected chi connectivity index (χ1v) is 16.4. The zero-order valence-corrected chi connectivity index (χ0v) is 25.8. The molecule has 1 aromatic carbocycles. The average Bonchev–Trinajstić information content (AvgIpc) is 3.40. The molecule has 3 unspecified atom stereocenters. The minimum atomic E-state index is -0.890. The minimum Gasteiger partial charge on any atom is -0.348 e. The first kappa shape index (κ1) is 29.4. The van der Waals surface area contributed by atoms with Crippen molar-refractivity contribution < 1.29 is 18.4 Å². The number of anilines is 3. The van der Waals surface area contributed by atoms with Crippen molar-refractivity contribution in [3.63, 3.8) is 0 Å². The summed E-state index contributed by atoms with van der Waals surface area (Å²) in [6, 6.07) is 4.08. The molecule has 0 radical (unpaired) electrons. The Morgan fingerprint density at radius 1 is 1.14 bits per heavy atom. The largest absolute Gasteiger partial charge is 0.348 e. The van der Waals surface area contributed by atoms with Gasteiger partial charge in [-0.3, -0.25) is 9.59 Å². The van der Waals surface area contributed by atoms with E-state index >= 15 is 4.39 Å². The highest BCUT2D eigenvalue weighted by atomic mass is 19.1. The van der Waals surface area contributed by atoms with E-state index < -0.39 is 18.0 Å². The van der Waals surface area contributed by atoms with Crippen LogP contribution in [0.15, 0.2) is 30.7 Å². The van der Waals surface area contributed by atoms with Crippen molar-refractivity contribution in [3.8, 4) is 0 Å². The number of piperidine rings is 1. The van der Waals surface area contributed by atoms with Gasteiger partial charge in [0, 0.05) is 62.7 Å². The fourth-order valence-electron chi connectivity index (χ4n) is 8.26. The highest BCUT2D eigenvalue weighted by Crippen LogP contribution is 2.49. The van der Waals surface area contributed by atoms with Crippen LogP contribution in [-0.2, 0) is 4.79 Å². The second-order valence-corrected chi connectivity index (χ2v) is 13.6. The Labute approximate surface area is 258 Å². The van der Waals surface area contributed by atoms with Crippen molar-refractivity contribution in [3.05, 3.63) is 42.1 Å². The van der Waals surface area contributed by atoms with E-state index in [1.165, 1.54) is 31.3 Å². The van der Waals surface area contributed by atoms with Gasteiger partial charge in [-0.1, -0.05) is 12.8 Å². The first-order chi connectivity index (χ1) is 21.2. The molecule has 4 heterocycles. The molecule has 2 aromatic rings. The lowest BCUT2D eigenvalue weighted by Gasteiger charge is -2.41. The number of amides is 2. The van der Waals surface area contributed by atoms with Crippen LogP contribution < -0.4 is 15.1 Å². The molecule has 44 heavy (non-hydrogen) atoms. The summed E-state index contributed by atoms with van der Waals surface area (Å²) in [5.74, 6) is 0.594. The number of nitrogens with one attached hydrogen (secondary N) is 1. The molecular weight excluding hydrogens is 564 g/mol. The molecule has 1 aromatic heterocycles. The topological polar surface area (TPSA) is 84.9 Å². The summed E-state index contributed by atoms with van der Waals surface area (Å²) in [6.45, 7) is 8.68. The van der Waals surface area contributed by atoms with Crippen LogP contribution in [0.2, 0.25) is 0 Å². The maximum absolute atomic E-state index is 15.4. The Kier molecular flexibility index (Phi) is 7.71. The second kappa shape index (κ2) is 11.5. The van der Waals surface area contributed by atoms with E-state index in [4.69, 9.17) is 0 Å². The summed E-state index contributed by atoms with van der Waals surface area (Å²) in [4.78, 5) is 44.1. The van der Waals surface area contributed by atoms with Crippen LogP contribution in [0.5, 0.6) is 0 Å². The third-order valence-electron chi connectivity index (χ3n) is 10.7. The maximum atomic E-state index is 15.4. The molecule has 2 aliphatic carbocycles. The molecule has 7 rings (SSSR count). The zero-order chi connectivity index (χ0) is 30.7. The number of aromatic nitrogens is 2. The molecule has 6 atom stereocenters. The van der Waals surface area contributed by atoms with Crippen molar-refractivity contribution in [2.45, 2.75) is 83.2 Å². The number of fused-ring (bicyclic) bond motifs is 3. The van der Waals surface area contributed by atoms with Crippen LogP contribution in [0.4, 0.5) is 26.0 Å². The molecule has 236 valence electrons. The van der Waals surface area contributed by atoms with Crippen LogP contribution in [0, 0.1) is 23.6 Å². The first-order valence-electron chi connectivity index (χ1n) is 16.4. The Balaban J connectivity index is 1.08. The Bertz CT molecular complexity index is 1420. The predicted octanol–water partition coefficient (Wildman–Crippen LogP) is 4.16. The molecule has 2 bridgehead atoms. The molecule has 2 amide bonds. The Hall–Kier alpha value is -3.34. The fraction of sp³-hybridized carbons (Fsp3) is 0.636. The van der Waals surface area contributed by atoms with Crippen LogP contribution in [-0.4, -0.2) is 94.6 Å². The Morgan fingerprint density at radius 2 is 1.95 bits per heavy atom. The lowest BCUT2D eigenvalue weighted by molar-refractivity contribution is -0.134. The van der Waals surface area contributed by atoms with Crippen LogP contribution in [0.25, 0.3) is 0 Å². The summed E-state index contributed by atoms with van der Waals surface area (Å²) in [6.07, 6.45) is 7.32. The molecule has 5 aliphatic rings. The number of alkyl halides is 1. The van der Waals surface area contributed by atoms with Crippen LogP contribution in [0.1, 0.15) is 63.2 Å². The van der Waals surface area contributed by atoms with Crippen molar-refractivity contribution in [2.75, 3.05) is 42.5 Å². The predicted molar refractivity (Wildman–Crippen MR) is 164 cm³/mol. The normalized spacial score (nSPS) is 29.5. The third-order valence-corrected chi connectivity index (χ3v) is 10.7. The maximum Gasteiger partial charge on any atom is 0.256 e. The van der Waals surface area contributed by atoms with Gasteiger partial charge >= 0.3 is 0 Å². The van der Waals surface area contributed by atoms with Gasteiger partial charge < -0.3 is 24.9 Å². The van der Waals surface area contributed by atoms with Gasteiger partial charge in [0.1, 0.15) is 24.0 Å². The average molecular weight is 608 g/mol. The van der Waals surface area contributed by atoms with Gasteiger partial charge in [-0.05, 0) is 64.2 Å². The Morgan fingerprint density at radius 3 is 2.68 bits per heavy atom. The quantitative estimate of drug-likeness (QED) is 0.483. The zero-order valence-electron chi connectivity index (χ0n) is 25.8. The molecular formula is C33H43F2N7O2. The summed E-state index contributed by atoms with van der Waals surface area (Å²) in [7, 11) is 0. The van der Waals surface area contributed by atoms with Crippen LogP contribution >= 0.6 is 0 Å². The van der Waals surface area contributed by atoms with Gasteiger partial charge in [-0.25, -0.2) is 18.7 Å². The summed E-state index contributed by atoms with van der Waals surface area (Å²) in [5, 5.41) is 3.52. The van der Waals surface area contributed by atoms with E-state index in [0.717, 1.165) is 30.8 Å². The number of likely N-dealkylation sites (tertiary alicyclic amines) is 1. The summed E-state index contributed by atoms with van der Waals surface area (Å²) in [5.41, 5.74) is 1.68. The second-order valence-electron chi connectivity index (χ2n) is 13.6. The summed E-state index contributed by atoms with van der Waals surface area (Å²) >= 11 is 0. The smallest absolute Gasteiger partial charge is 0.256 e. The van der Waals surface area contributed by atoms with Crippen molar-refractivity contribution in [1.82, 2.24) is 25.1 Å². The standard InChI is InChI=1S/C33H43F2N7O2/c1-4-40(19(2)3)32(43)24-14-21(34)7-8-27(24)42-12-11-41(31-28(42)16-36-18-37-31)22-9-10-39(17-22)33(44)30-25-15-26(38-30)23(29(25)35)13-20-5-6-20/h7-8,14,16,18-20,22-23,25-26,29-30,38H,4-6,9-13,15,17H2,1-3H3/t22?,23-,25?,26?,29-,30+/m1/s1. The van der Waals surface area contributed by atoms with E-state index in [0.29, 0.717) is 49.9 Å². The molecule has 4 fully saturated rings. The molecule has 2 saturated heterocycles. The number of benzene rings is 1. The lowest BCUT2D eigenvalue weighted by Crippen LogP contribution is -2.55. The molecule has 11 heteroatoms. The van der Waals surface area contributed by atoms with Gasteiger partial charge in [0.2, 0.25) is 5.91 Å². The van der Waals surface area contributed by atoms with Gasteiger partial charge in [-0.2, -0.15) is 0 Å². The number of carbonyl (C=O) groups excluding carboxylic acids is 2. The molecule has 2 saturated carbocycles. The van der Waals surface area contributed by atoms with Crippen molar-refractivity contribution >= 4 is 29.0 Å². The number of halogens is 2. The highest BCUT2D eigenvalue weighted by Gasteiger charge is 2.56. The molecule has 9 nitrogen and oxygen atoms in total. The van der Waals surface area contributed by atoms with E-state index in [-0.39, 0.29) is 41.8 Å². The van der Waals surface area contributed by atoms with E-state index in [9.17, 15) is 14.0 Å². The number of rotatable bonds is 8. The fourth-order valence-corrected chi connectivity index (χ4v) is 8.26. The molecule has 0 spiro atoms. The van der Waals surface area contributed by atoms with Gasteiger partial charge in [0.15, 0.2) is 5.82 Å². The molecule has 1 N–H and O–H groups in total.